The van der Waals surface area contributed by atoms with Crippen molar-refractivity contribution in [1.29, 1.82) is 0 Å². The van der Waals surface area contributed by atoms with Crippen molar-refractivity contribution in [3.63, 3.8) is 0 Å². The highest BCUT2D eigenvalue weighted by Crippen LogP contribution is 2.27. The number of primary amides is 1. The number of rotatable bonds is 3. The van der Waals surface area contributed by atoms with Crippen molar-refractivity contribution in [3.05, 3.63) is 59.3 Å². The van der Waals surface area contributed by atoms with Gasteiger partial charge in [0.2, 0.25) is 0 Å². The summed E-state index contributed by atoms with van der Waals surface area (Å²) in [6, 6.07) is 7.85. The summed E-state index contributed by atoms with van der Waals surface area (Å²) in [7, 11) is 0. The largest absolute Gasteiger partial charge is 0.365 e. The first-order valence-electron chi connectivity index (χ1n) is 8.88. The summed E-state index contributed by atoms with van der Waals surface area (Å²) in [5.41, 5.74) is 6.16. The smallest absolute Gasteiger partial charge is 0.253 e. The highest BCUT2D eigenvalue weighted by atomic mass is 19.1. The van der Waals surface area contributed by atoms with Crippen LogP contribution in [-0.2, 0) is 0 Å². The SMILES string of the molecule is [2H][C@]1(c2ccc(-n3cc4c(F)cc(F)c(C(N)=O)c4n3)cc2)CCCNC1. The fraction of sp³-hybridized carbons (Fsp3) is 0.263. The number of hydrogen-bond acceptors (Lipinski definition) is 3. The molecule has 0 saturated carbocycles. The fourth-order valence-corrected chi connectivity index (χ4v) is 3.32. The van der Waals surface area contributed by atoms with Crippen LogP contribution in [-0.4, -0.2) is 28.8 Å². The quantitative estimate of drug-likeness (QED) is 0.757. The predicted molar refractivity (Wildman–Crippen MR) is 94.3 cm³/mol. The lowest BCUT2D eigenvalue weighted by atomic mass is 9.92. The van der Waals surface area contributed by atoms with Crippen molar-refractivity contribution < 1.29 is 14.9 Å². The third-order valence-electron chi connectivity index (χ3n) is 4.66. The maximum Gasteiger partial charge on any atom is 0.253 e. The summed E-state index contributed by atoms with van der Waals surface area (Å²) >= 11 is 0. The van der Waals surface area contributed by atoms with Crippen LogP contribution in [0.1, 0.15) is 36.0 Å². The van der Waals surface area contributed by atoms with E-state index in [4.69, 9.17) is 7.10 Å². The molecule has 1 atom stereocenters. The Kier molecular flexibility index (Phi) is 3.86. The van der Waals surface area contributed by atoms with E-state index in [1.807, 2.05) is 12.1 Å². The zero-order chi connectivity index (χ0) is 19.2. The molecule has 3 aromatic rings. The van der Waals surface area contributed by atoms with E-state index in [0.717, 1.165) is 24.9 Å². The van der Waals surface area contributed by atoms with Crippen LogP contribution >= 0.6 is 0 Å². The second-order valence-corrected chi connectivity index (χ2v) is 6.35. The average Bonchev–Trinajstić information content (AvgIpc) is 3.07. The summed E-state index contributed by atoms with van der Waals surface area (Å²) in [5, 5.41) is 7.42. The summed E-state index contributed by atoms with van der Waals surface area (Å²) in [4.78, 5) is 11.5. The molecule has 0 unspecified atom stereocenters. The van der Waals surface area contributed by atoms with Crippen molar-refractivity contribution in [2.75, 3.05) is 13.1 Å². The van der Waals surface area contributed by atoms with E-state index in [9.17, 15) is 13.6 Å². The summed E-state index contributed by atoms with van der Waals surface area (Å²) in [6.45, 7) is 1.51. The molecule has 1 aromatic heterocycles. The molecule has 1 saturated heterocycles. The summed E-state index contributed by atoms with van der Waals surface area (Å²) < 4.78 is 38.0. The molecule has 2 heterocycles. The van der Waals surface area contributed by atoms with Gasteiger partial charge in [0.1, 0.15) is 22.7 Å². The lowest BCUT2D eigenvalue weighted by molar-refractivity contribution is 0.0998. The Morgan fingerprint density at radius 3 is 2.73 bits per heavy atom. The third kappa shape index (κ3) is 2.84. The van der Waals surface area contributed by atoms with Crippen LogP contribution in [0.3, 0.4) is 0 Å². The Morgan fingerprint density at radius 2 is 2.08 bits per heavy atom. The number of nitrogens with two attached hydrogens (primary N) is 1. The number of fused-ring (bicyclic) bond motifs is 1. The van der Waals surface area contributed by atoms with E-state index >= 15 is 0 Å². The van der Waals surface area contributed by atoms with Gasteiger partial charge in [0.05, 0.1) is 11.1 Å². The van der Waals surface area contributed by atoms with Gasteiger partial charge in [0.15, 0.2) is 0 Å². The van der Waals surface area contributed by atoms with E-state index in [-0.39, 0.29) is 10.9 Å². The maximum absolute atomic E-state index is 14.1. The first-order valence-corrected chi connectivity index (χ1v) is 8.38. The molecule has 1 fully saturated rings. The van der Waals surface area contributed by atoms with Crippen LogP contribution in [0.5, 0.6) is 0 Å². The Balaban J connectivity index is 1.75. The molecule has 3 N–H and O–H groups in total. The number of carbonyl (C=O) groups is 1. The zero-order valence-corrected chi connectivity index (χ0v) is 13.9. The van der Waals surface area contributed by atoms with Crippen molar-refractivity contribution >= 4 is 16.8 Å². The van der Waals surface area contributed by atoms with Gasteiger partial charge in [-0.1, -0.05) is 12.1 Å². The minimum absolute atomic E-state index is 0.0164. The number of hydrogen-bond donors (Lipinski definition) is 2. The normalized spacial score (nSPS) is 20.9. The third-order valence-corrected chi connectivity index (χ3v) is 4.66. The first kappa shape index (κ1) is 15.5. The highest BCUT2D eigenvalue weighted by Gasteiger charge is 2.20. The predicted octanol–water partition coefficient (Wildman–Crippen LogP) is 2.87. The minimum atomic E-state index is -1.03. The molecule has 134 valence electrons. The molecule has 1 aliphatic heterocycles. The molecule has 1 aliphatic rings. The van der Waals surface area contributed by atoms with Gasteiger partial charge in [0.25, 0.3) is 5.91 Å². The highest BCUT2D eigenvalue weighted by molar-refractivity contribution is 6.05. The second-order valence-electron chi connectivity index (χ2n) is 6.35. The molecule has 2 aromatic carbocycles. The molecule has 0 spiro atoms. The topological polar surface area (TPSA) is 72.9 Å². The van der Waals surface area contributed by atoms with Gasteiger partial charge in [-0.15, -0.1) is 0 Å². The maximum atomic E-state index is 14.1. The van der Waals surface area contributed by atoms with Crippen LogP contribution in [0.15, 0.2) is 36.5 Å². The fourth-order valence-electron chi connectivity index (χ4n) is 3.32. The molecular formula is C19H18F2N4O. The van der Waals surface area contributed by atoms with Gasteiger partial charge < -0.3 is 11.1 Å². The van der Waals surface area contributed by atoms with Crippen molar-refractivity contribution in [1.82, 2.24) is 15.1 Å². The number of nitrogens with zero attached hydrogens (tertiary/aromatic N) is 2. The number of carbonyl (C=O) groups excluding carboxylic acids is 1. The Labute approximate surface area is 150 Å². The second kappa shape index (κ2) is 6.49. The number of nitrogens with one attached hydrogen (secondary N) is 1. The zero-order valence-electron chi connectivity index (χ0n) is 14.9. The molecule has 4 rings (SSSR count). The number of benzene rings is 2. The Hall–Kier alpha value is -2.80. The lowest BCUT2D eigenvalue weighted by Crippen LogP contribution is -2.28. The van der Waals surface area contributed by atoms with Gasteiger partial charge >= 0.3 is 0 Å². The summed E-state index contributed by atoms with van der Waals surface area (Å²) in [5.74, 6) is -3.53. The molecule has 1 amide bonds. The van der Waals surface area contributed by atoms with E-state index in [1.54, 1.807) is 12.1 Å². The Bertz CT molecular complexity index is 1030. The molecule has 26 heavy (non-hydrogen) atoms. The van der Waals surface area contributed by atoms with Crippen LogP contribution in [0.25, 0.3) is 16.6 Å². The molecular weight excluding hydrogens is 338 g/mol. The number of amides is 1. The van der Waals surface area contributed by atoms with Crippen molar-refractivity contribution in [2.45, 2.75) is 18.7 Å². The van der Waals surface area contributed by atoms with Crippen molar-refractivity contribution in [3.8, 4) is 5.69 Å². The van der Waals surface area contributed by atoms with E-state index in [0.29, 0.717) is 18.3 Å². The van der Waals surface area contributed by atoms with Crippen LogP contribution in [0.4, 0.5) is 8.78 Å². The molecule has 0 aliphatic carbocycles. The average molecular weight is 357 g/mol. The Morgan fingerprint density at radius 1 is 1.31 bits per heavy atom. The van der Waals surface area contributed by atoms with E-state index < -0.39 is 29.0 Å². The molecule has 0 radical (unpaired) electrons. The van der Waals surface area contributed by atoms with Gasteiger partial charge in [0, 0.05) is 20.2 Å². The van der Waals surface area contributed by atoms with E-state index in [2.05, 4.69) is 10.4 Å². The van der Waals surface area contributed by atoms with Gasteiger partial charge in [-0.05, 0) is 43.0 Å². The van der Waals surface area contributed by atoms with Gasteiger partial charge in [-0.3, -0.25) is 4.79 Å². The lowest BCUT2D eigenvalue weighted by Gasteiger charge is -2.23. The number of halogens is 2. The minimum Gasteiger partial charge on any atom is -0.365 e. The van der Waals surface area contributed by atoms with Crippen LogP contribution in [0.2, 0.25) is 0 Å². The number of piperidine rings is 1. The van der Waals surface area contributed by atoms with E-state index in [1.165, 1.54) is 10.9 Å². The molecule has 0 bridgehead atoms. The van der Waals surface area contributed by atoms with Crippen LogP contribution in [0, 0.1) is 11.6 Å². The van der Waals surface area contributed by atoms with Gasteiger partial charge in [-0.25, -0.2) is 13.5 Å². The monoisotopic (exact) mass is 357 g/mol. The molecule has 7 heteroatoms. The summed E-state index contributed by atoms with van der Waals surface area (Å²) in [6.07, 6.45) is 3.11. The standard InChI is InChI=1S/C19H18F2N4O/c20-15-8-16(21)17(19(22)26)18-14(15)10-25(24-18)13-5-3-11(4-6-13)12-2-1-7-23-9-12/h3-6,8,10,12,23H,1-2,7,9H2,(H2,22,26)/t12-/m0/s1/i12D. The number of aromatic nitrogens is 2. The van der Waals surface area contributed by atoms with Gasteiger partial charge in [-0.2, -0.15) is 5.10 Å². The molecule has 5 nitrogen and oxygen atoms in total. The van der Waals surface area contributed by atoms with Crippen LogP contribution < -0.4 is 11.1 Å². The first-order chi connectivity index (χ1) is 12.9. The van der Waals surface area contributed by atoms with Crippen molar-refractivity contribution in [2.24, 2.45) is 5.73 Å².